The van der Waals surface area contributed by atoms with E-state index < -0.39 is 6.43 Å². The van der Waals surface area contributed by atoms with Gasteiger partial charge in [-0.25, -0.2) is 18.3 Å². The largest absolute Gasteiger partial charge is 0.344 e. The van der Waals surface area contributed by atoms with Gasteiger partial charge in [0.05, 0.1) is 11.8 Å². The number of aromatic nitrogens is 3. The first-order chi connectivity index (χ1) is 6.66. The summed E-state index contributed by atoms with van der Waals surface area (Å²) in [5.74, 6) is -0.336. The van der Waals surface area contributed by atoms with Crippen molar-refractivity contribution in [1.82, 2.24) is 14.8 Å². The van der Waals surface area contributed by atoms with E-state index in [0.29, 0.717) is 0 Å². The van der Waals surface area contributed by atoms with Gasteiger partial charge in [-0.2, -0.15) is 0 Å². The molecule has 7 heteroatoms. The fourth-order valence-corrected chi connectivity index (χ4v) is 1.68. The van der Waals surface area contributed by atoms with Gasteiger partial charge in [0, 0.05) is 0 Å². The predicted molar refractivity (Wildman–Crippen MR) is 47.8 cm³/mol. The Morgan fingerprint density at radius 3 is 2.93 bits per heavy atom. The first-order valence-corrected chi connectivity index (χ1v) is 5.25. The fourth-order valence-electron chi connectivity index (χ4n) is 1.09. The molecule has 78 valence electrons. The molecule has 0 radical (unpaired) electrons. The second-order valence-electron chi connectivity index (χ2n) is 3.11. The molecule has 1 heterocycles. The molecule has 1 aliphatic rings. The van der Waals surface area contributed by atoms with Crippen LogP contribution < -0.4 is 5.69 Å². The molecule has 0 aromatic carbocycles. The monoisotopic (exact) mass is 221 g/mol. The van der Waals surface area contributed by atoms with Crippen LogP contribution >= 0.6 is 11.8 Å². The summed E-state index contributed by atoms with van der Waals surface area (Å²) in [6.07, 6.45) is -0.484. The lowest BCUT2D eigenvalue weighted by Gasteiger charge is -1.94. The van der Waals surface area contributed by atoms with Crippen LogP contribution in [0.3, 0.4) is 0 Å². The highest BCUT2D eigenvalue weighted by Crippen LogP contribution is 2.32. The average Bonchev–Trinajstić information content (AvgIpc) is 2.88. The van der Waals surface area contributed by atoms with E-state index in [9.17, 15) is 13.6 Å². The quantitative estimate of drug-likeness (QED) is 0.779. The molecule has 1 aliphatic carbocycles. The maximum Gasteiger partial charge on any atom is 0.344 e. The Morgan fingerprint density at radius 2 is 2.36 bits per heavy atom. The molecule has 2 rings (SSSR count). The molecule has 0 amide bonds. The van der Waals surface area contributed by atoms with Gasteiger partial charge in [0.1, 0.15) is 0 Å². The maximum atomic E-state index is 11.9. The Kier molecular flexibility index (Phi) is 2.58. The number of H-pyrrole nitrogens is 1. The van der Waals surface area contributed by atoms with Crippen molar-refractivity contribution in [1.29, 1.82) is 0 Å². The van der Waals surface area contributed by atoms with E-state index in [0.717, 1.165) is 24.6 Å². The number of alkyl halides is 2. The lowest BCUT2D eigenvalue weighted by atomic mass is 10.7. The Balaban J connectivity index is 2.04. The molecule has 1 aromatic rings. The summed E-state index contributed by atoms with van der Waals surface area (Å²) < 4.78 is 25.0. The molecule has 0 bridgehead atoms. The van der Waals surface area contributed by atoms with Crippen molar-refractivity contribution in [2.45, 2.75) is 30.5 Å². The summed E-state index contributed by atoms with van der Waals surface area (Å²) in [5.41, 5.74) is -0.302. The standard InChI is InChI=1S/C7H9F2N3OS/c8-5(9)3-14-6-10-7(13)12(11-6)4-1-2-4/h4-5H,1-3H2,(H,10,11,13). The van der Waals surface area contributed by atoms with E-state index in [-0.39, 0.29) is 22.6 Å². The van der Waals surface area contributed by atoms with Crippen molar-refractivity contribution >= 4 is 11.8 Å². The van der Waals surface area contributed by atoms with Crippen LogP contribution in [0, 0.1) is 0 Å². The molecular weight excluding hydrogens is 212 g/mol. The molecule has 1 fully saturated rings. The van der Waals surface area contributed by atoms with E-state index in [1.54, 1.807) is 0 Å². The first-order valence-electron chi connectivity index (χ1n) is 4.26. The van der Waals surface area contributed by atoms with Crippen LogP contribution in [-0.4, -0.2) is 26.9 Å². The summed E-state index contributed by atoms with van der Waals surface area (Å²) in [7, 11) is 0. The van der Waals surface area contributed by atoms with Gasteiger partial charge in [-0.05, 0) is 12.8 Å². The number of rotatable bonds is 4. The number of hydrogen-bond donors (Lipinski definition) is 1. The van der Waals surface area contributed by atoms with Gasteiger partial charge in [0.15, 0.2) is 5.16 Å². The maximum absolute atomic E-state index is 11.9. The number of thioether (sulfide) groups is 1. The van der Waals surface area contributed by atoms with Crippen molar-refractivity contribution in [2.24, 2.45) is 0 Å². The normalized spacial score (nSPS) is 16.5. The predicted octanol–water partition coefficient (Wildman–Crippen LogP) is 1.26. The van der Waals surface area contributed by atoms with E-state index in [1.165, 1.54) is 4.68 Å². The Hall–Kier alpha value is -0.850. The van der Waals surface area contributed by atoms with Gasteiger partial charge in [0.2, 0.25) is 6.43 Å². The summed E-state index contributed by atoms with van der Waals surface area (Å²) in [6.45, 7) is 0. The summed E-state index contributed by atoms with van der Waals surface area (Å²) >= 11 is 0.871. The van der Waals surface area contributed by atoms with Crippen molar-refractivity contribution in [3.8, 4) is 0 Å². The topological polar surface area (TPSA) is 50.7 Å². The van der Waals surface area contributed by atoms with Crippen molar-refractivity contribution in [3.05, 3.63) is 10.5 Å². The fraction of sp³-hybridized carbons (Fsp3) is 0.714. The lowest BCUT2D eigenvalue weighted by Crippen LogP contribution is -2.16. The van der Waals surface area contributed by atoms with Crippen molar-refractivity contribution in [3.63, 3.8) is 0 Å². The summed E-state index contributed by atoms with van der Waals surface area (Å²) in [4.78, 5) is 13.7. The van der Waals surface area contributed by atoms with Crippen LogP contribution in [0.2, 0.25) is 0 Å². The molecule has 14 heavy (non-hydrogen) atoms. The SMILES string of the molecule is O=c1[nH]c(SCC(F)F)nn1C1CC1. The van der Waals surface area contributed by atoms with Crippen molar-refractivity contribution in [2.75, 3.05) is 5.75 Å². The van der Waals surface area contributed by atoms with Crippen LogP contribution in [0.4, 0.5) is 8.78 Å². The van der Waals surface area contributed by atoms with E-state index in [2.05, 4.69) is 10.1 Å². The van der Waals surface area contributed by atoms with Gasteiger partial charge in [-0.3, -0.25) is 4.98 Å². The Labute approximate surface area is 82.7 Å². The number of nitrogens with zero attached hydrogens (tertiary/aromatic N) is 2. The molecular formula is C7H9F2N3OS. The Morgan fingerprint density at radius 1 is 1.64 bits per heavy atom. The number of hydrogen-bond acceptors (Lipinski definition) is 3. The van der Waals surface area contributed by atoms with Gasteiger partial charge < -0.3 is 0 Å². The van der Waals surface area contributed by atoms with Crippen LogP contribution in [0.15, 0.2) is 9.95 Å². The zero-order valence-electron chi connectivity index (χ0n) is 7.24. The molecule has 4 nitrogen and oxygen atoms in total. The molecule has 0 aliphatic heterocycles. The summed E-state index contributed by atoms with van der Waals surface area (Å²) in [6, 6.07) is 0.180. The highest BCUT2D eigenvalue weighted by Gasteiger charge is 2.27. The first kappa shape index (κ1) is 9.70. The summed E-state index contributed by atoms with van der Waals surface area (Å²) in [5, 5.41) is 4.20. The molecule has 0 atom stereocenters. The Bertz CT molecular complexity index is 371. The van der Waals surface area contributed by atoms with Crippen LogP contribution in [-0.2, 0) is 0 Å². The highest BCUT2D eigenvalue weighted by molar-refractivity contribution is 7.99. The van der Waals surface area contributed by atoms with Gasteiger partial charge >= 0.3 is 5.69 Å². The van der Waals surface area contributed by atoms with Crippen LogP contribution in [0.1, 0.15) is 18.9 Å². The molecule has 0 saturated heterocycles. The smallest absolute Gasteiger partial charge is 0.284 e. The van der Waals surface area contributed by atoms with E-state index in [1.807, 2.05) is 0 Å². The molecule has 0 spiro atoms. The number of halogens is 2. The van der Waals surface area contributed by atoms with E-state index in [4.69, 9.17) is 0 Å². The van der Waals surface area contributed by atoms with Crippen LogP contribution in [0.25, 0.3) is 0 Å². The third-order valence-corrected chi connectivity index (χ3v) is 2.74. The number of aromatic amines is 1. The minimum absolute atomic E-state index is 0.180. The zero-order valence-corrected chi connectivity index (χ0v) is 8.06. The number of nitrogens with one attached hydrogen (secondary N) is 1. The van der Waals surface area contributed by atoms with E-state index >= 15 is 0 Å². The van der Waals surface area contributed by atoms with Crippen LogP contribution in [0.5, 0.6) is 0 Å². The second kappa shape index (κ2) is 3.72. The zero-order chi connectivity index (χ0) is 10.1. The minimum atomic E-state index is -2.38. The second-order valence-corrected chi connectivity index (χ2v) is 4.12. The lowest BCUT2D eigenvalue weighted by molar-refractivity contribution is 0.176. The van der Waals surface area contributed by atoms with Crippen molar-refractivity contribution < 1.29 is 8.78 Å². The minimum Gasteiger partial charge on any atom is -0.284 e. The highest BCUT2D eigenvalue weighted by atomic mass is 32.2. The molecule has 1 N–H and O–H groups in total. The molecule has 1 aromatic heterocycles. The van der Waals surface area contributed by atoms with Gasteiger partial charge in [-0.15, -0.1) is 5.10 Å². The van der Waals surface area contributed by atoms with Gasteiger partial charge in [-0.1, -0.05) is 11.8 Å². The third kappa shape index (κ3) is 2.14. The molecule has 0 unspecified atom stereocenters. The van der Waals surface area contributed by atoms with Gasteiger partial charge in [0.25, 0.3) is 0 Å². The molecule has 1 saturated carbocycles. The average molecular weight is 221 g/mol. The third-order valence-electron chi connectivity index (χ3n) is 1.86.